The van der Waals surface area contributed by atoms with Gasteiger partial charge in [0, 0.05) is 13.2 Å². The molecule has 0 atom stereocenters. The molecule has 2 N–H and O–H groups in total. The minimum Gasteiger partial charge on any atom is -0.290 e. The summed E-state index contributed by atoms with van der Waals surface area (Å²) in [5.41, 5.74) is 4.90. The second-order valence-electron chi connectivity index (χ2n) is 2.84. The van der Waals surface area contributed by atoms with Crippen LogP contribution in [0.3, 0.4) is 0 Å². The number of pyridine rings is 1. The van der Waals surface area contributed by atoms with E-state index in [9.17, 15) is 0 Å². The van der Waals surface area contributed by atoms with Crippen LogP contribution in [0.1, 0.15) is 16.8 Å². The second kappa shape index (κ2) is 4.00. The predicted octanol–water partition coefficient (Wildman–Crippen LogP) is 1.05. The minimum absolute atomic E-state index is 0.378. The third-order valence-electron chi connectivity index (χ3n) is 1.94. The molecular formula is C9H13N3O. The van der Waals surface area contributed by atoms with Crippen molar-refractivity contribution in [1.29, 1.82) is 0 Å². The highest BCUT2D eigenvalue weighted by Gasteiger charge is 2.03. The molecule has 0 bridgehead atoms. The van der Waals surface area contributed by atoms with Crippen molar-refractivity contribution in [3.8, 4) is 0 Å². The third kappa shape index (κ3) is 2.03. The summed E-state index contributed by atoms with van der Waals surface area (Å²) in [5, 5.41) is 8.72. The summed E-state index contributed by atoms with van der Waals surface area (Å²) < 4.78 is 0. The third-order valence-corrected chi connectivity index (χ3v) is 1.94. The number of amidine groups is 1. The highest BCUT2D eigenvalue weighted by atomic mass is 16.5. The Morgan fingerprint density at radius 1 is 1.46 bits per heavy atom. The van der Waals surface area contributed by atoms with Crippen molar-refractivity contribution in [2.24, 2.45) is 4.99 Å². The van der Waals surface area contributed by atoms with Gasteiger partial charge in [-0.15, -0.1) is 0 Å². The first-order chi connectivity index (χ1) is 6.19. The fourth-order valence-corrected chi connectivity index (χ4v) is 0.976. The first-order valence-corrected chi connectivity index (χ1v) is 3.99. The van der Waals surface area contributed by atoms with Crippen molar-refractivity contribution in [3.05, 3.63) is 29.1 Å². The maximum Gasteiger partial charge on any atom is 0.170 e. The van der Waals surface area contributed by atoms with Crippen LogP contribution in [0.4, 0.5) is 0 Å². The van der Waals surface area contributed by atoms with Crippen LogP contribution >= 0.6 is 0 Å². The SMILES string of the molecule is CN=C(NO)c1cc(C)c(C)cn1. The summed E-state index contributed by atoms with van der Waals surface area (Å²) in [6.45, 7) is 3.98. The van der Waals surface area contributed by atoms with Crippen LogP contribution in [-0.2, 0) is 0 Å². The molecule has 0 fully saturated rings. The van der Waals surface area contributed by atoms with Crippen LogP contribution in [0.2, 0.25) is 0 Å². The molecule has 1 rings (SSSR count). The first-order valence-electron chi connectivity index (χ1n) is 3.99. The maximum absolute atomic E-state index is 8.72. The smallest absolute Gasteiger partial charge is 0.170 e. The van der Waals surface area contributed by atoms with Gasteiger partial charge in [0.15, 0.2) is 5.84 Å². The Labute approximate surface area is 77.3 Å². The van der Waals surface area contributed by atoms with Gasteiger partial charge < -0.3 is 0 Å². The topological polar surface area (TPSA) is 57.5 Å². The van der Waals surface area contributed by atoms with Crippen molar-refractivity contribution in [1.82, 2.24) is 10.5 Å². The zero-order valence-corrected chi connectivity index (χ0v) is 8.00. The van der Waals surface area contributed by atoms with Gasteiger partial charge >= 0.3 is 0 Å². The maximum atomic E-state index is 8.72. The van der Waals surface area contributed by atoms with E-state index in [4.69, 9.17) is 5.21 Å². The second-order valence-corrected chi connectivity index (χ2v) is 2.84. The summed E-state index contributed by atoms with van der Waals surface area (Å²) in [4.78, 5) is 7.97. The molecule has 0 aliphatic carbocycles. The Balaban J connectivity index is 3.10. The average Bonchev–Trinajstić information content (AvgIpc) is 2.13. The predicted molar refractivity (Wildman–Crippen MR) is 51.1 cm³/mol. The zero-order valence-electron chi connectivity index (χ0n) is 8.00. The van der Waals surface area contributed by atoms with Gasteiger partial charge in [-0.1, -0.05) is 0 Å². The summed E-state index contributed by atoms with van der Waals surface area (Å²) in [6, 6.07) is 1.88. The molecule has 1 heterocycles. The van der Waals surface area contributed by atoms with Gasteiger partial charge in [-0.3, -0.25) is 20.7 Å². The first kappa shape index (κ1) is 9.67. The number of nitrogens with zero attached hydrogens (tertiary/aromatic N) is 2. The van der Waals surface area contributed by atoms with Gasteiger partial charge in [0.25, 0.3) is 0 Å². The van der Waals surface area contributed by atoms with Gasteiger partial charge in [-0.05, 0) is 31.0 Å². The van der Waals surface area contributed by atoms with Crippen molar-refractivity contribution in [3.63, 3.8) is 0 Å². The monoisotopic (exact) mass is 179 g/mol. The molecule has 1 aromatic heterocycles. The van der Waals surface area contributed by atoms with Crippen molar-refractivity contribution >= 4 is 5.84 Å². The summed E-state index contributed by atoms with van der Waals surface area (Å²) in [7, 11) is 1.59. The number of hydroxylamine groups is 1. The number of nitrogens with one attached hydrogen (secondary N) is 1. The normalized spacial score (nSPS) is 11.5. The lowest BCUT2D eigenvalue weighted by Crippen LogP contribution is -2.21. The molecular weight excluding hydrogens is 166 g/mol. The highest BCUT2D eigenvalue weighted by molar-refractivity contribution is 5.96. The number of aryl methyl sites for hydroxylation is 2. The van der Waals surface area contributed by atoms with Gasteiger partial charge in [0.1, 0.15) is 5.69 Å². The van der Waals surface area contributed by atoms with Gasteiger partial charge in [-0.2, -0.15) is 0 Å². The Morgan fingerprint density at radius 3 is 2.62 bits per heavy atom. The summed E-state index contributed by atoms with van der Waals surface area (Å²) >= 11 is 0. The van der Waals surface area contributed by atoms with Gasteiger partial charge in [-0.25, -0.2) is 0 Å². The molecule has 1 aromatic rings. The van der Waals surface area contributed by atoms with Gasteiger partial charge in [0.2, 0.25) is 0 Å². The fraction of sp³-hybridized carbons (Fsp3) is 0.333. The van der Waals surface area contributed by atoms with Crippen molar-refractivity contribution < 1.29 is 5.21 Å². The number of aliphatic imine (C=N–C) groups is 1. The highest BCUT2D eigenvalue weighted by Crippen LogP contribution is 2.06. The van der Waals surface area contributed by atoms with Crippen molar-refractivity contribution in [2.75, 3.05) is 7.05 Å². The van der Waals surface area contributed by atoms with E-state index in [1.165, 1.54) is 0 Å². The lowest BCUT2D eigenvalue weighted by Gasteiger charge is -2.05. The molecule has 0 radical (unpaired) electrons. The molecule has 0 amide bonds. The molecule has 0 spiro atoms. The van der Waals surface area contributed by atoms with E-state index in [1.54, 1.807) is 13.2 Å². The minimum atomic E-state index is 0.378. The number of hydrogen-bond donors (Lipinski definition) is 2. The van der Waals surface area contributed by atoms with Crippen LogP contribution in [0.5, 0.6) is 0 Å². The molecule has 0 unspecified atom stereocenters. The van der Waals surface area contributed by atoms with Crippen LogP contribution in [0, 0.1) is 13.8 Å². The molecule has 0 saturated carbocycles. The van der Waals surface area contributed by atoms with Crippen LogP contribution in [-0.4, -0.2) is 23.1 Å². The lowest BCUT2D eigenvalue weighted by molar-refractivity contribution is 0.234. The van der Waals surface area contributed by atoms with Gasteiger partial charge in [0.05, 0.1) is 0 Å². The van der Waals surface area contributed by atoms with E-state index in [1.807, 2.05) is 25.4 Å². The van der Waals surface area contributed by atoms with E-state index in [0.717, 1.165) is 11.1 Å². The zero-order chi connectivity index (χ0) is 9.84. The molecule has 0 aliphatic heterocycles. The van der Waals surface area contributed by atoms with E-state index >= 15 is 0 Å². The van der Waals surface area contributed by atoms with Crippen LogP contribution < -0.4 is 5.48 Å². The van der Waals surface area contributed by atoms with E-state index < -0.39 is 0 Å². The van der Waals surface area contributed by atoms with Crippen molar-refractivity contribution in [2.45, 2.75) is 13.8 Å². The number of aromatic nitrogens is 1. The van der Waals surface area contributed by atoms with Crippen LogP contribution in [0.15, 0.2) is 17.3 Å². The molecule has 0 aromatic carbocycles. The quantitative estimate of drug-likeness (QED) is 0.385. The average molecular weight is 179 g/mol. The number of rotatable bonds is 1. The summed E-state index contributed by atoms with van der Waals surface area (Å²) in [5.74, 6) is 0.378. The Bertz CT molecular complexity index is 334. The fourth-order valence-electron chi connectivity index (χ4n) is 0.976. The standard InChI is InChI=1S/C9H13N3O/c1-6-4-8(9(10-3)12-13)11-5-7(6)2/h4-5,13H,1-3H3,(H,10,12). The largest absolute Gasteiger partial charge is 0.290 e. The Hall–Kier alpha value is -1.42. The number of hydrogen-bond acceptors (Lipinski definition) is 3. The lowest BCUT2D eigenvalue weighted by atomic mass is 10.1. The molecule has 4 heteroatoms. The molecule has 0 aliphatic rings. The molecule has 13 heavy (non-hydrogen) atoms. The van der Waals surface area contributed by atoms with E-state index in [2.05, 4.69) is 9.98 Å². The Morgan fingerprint density at radius 2 is 2.15 bits per heavy atom. The summed E-state index contributed by atoms with van der Waals surface area (Å²) in [6.07, 6.45) is 1.76. The molecule has 0 saturated heterocycles. The van der Waals surface area contributed by atoms with E-state index in [0.29, 0.717) is 11.5 Å². The molecule has 70 valence electrons. The molecule has 4 nitrogen and oxygen atoms in total. The van der Waals surface area contributed by atoms with Crippen LogP contribution in [0.25, 0.3) is 0 Å². The Kier molecular flexibility index (Phi) is 2.97. The van der Waals surface area contributed by atoms with E-state index in [-0.39, 0.29) is 0 Å².